The van der Waals surface area contributed by atoms with Crippen LogP contribution in [0.1, 0.15) is 138 Å². The summed E-state index contributed by atoms with van der Waals surface area (Å²) >= 11 is 1.98. The van der Waals surface area contributed by atoms with Crippen LogP contribution in [0.3, 0.4) is 0 Å². The zero-order chi connectivity index (χ0) is 40.2. The fourth-order valence-electron chi connectivity index (χ4n) is 8.91. The van der Waals surface area contributed by atoms with Crippen LogP contribution in [0.4, 0.5) is 0 Å². The Bertz CT molecular complexity index is 2470. The minimum Gasteiger partial charge on any atom is -0.512 e. The van der Waals surface area contributed by atoms with E-state index < -0.39 is 0 Å². The molecule has 2 aliphatic carbocycles. The third-order valence-electron chi connectivity index (χ3n) is 12.5. The number of hydrogen-bond acceptors (Lipinski definition) is 4. The van der Waals surface area contributed by atoms with Gasteiger partial charge in [0.2, 0.25) is 0 Å². The number of benzene rings is 4. The molecule has 0 saturated heterocycles. The maximum absolute atomic E-state index is 9.86. The first-order chi connectivity index (χ1) is 26.4. The van der Waals surface area contributed by atoms with Gasteiger partial charge < -0.3 is 5.11 Å². The smallest absolute Gasteiger partial charge is 0.0965 e. The number of pyridine rings is 1. The fraction of sp³-hybridized carbons (Fsp3) is 0.462. The minimum atomic E-state index is 0. The maximum Gasteiger partial charge on any atom is 0.0965 e. The van der Waals surface area contributed by atoms with Gasteiger partial charge in [0.05, 0.1) is 11.8 Å². The first-order valence-electron chi connectivity index (χ1n) is 21.2. The molecule has 0 aliphatic heterocycles. The van der Waals surface area contributed by atoms with Crippen molar-refractivity contribution in [1.29, 1.82) is 0 Å². The molecule has 0 atom stereocenters. The van der Waals surface area contributed by atoms with E-state index in [9.17, 15) is 5.11 Å². The Labute approximate surface area is 359 Å². The van der Waals surface area contributed by atoms with Gasteiger partial charge in [-0.2, -0.15) is 0 Å². The van der Waals surface area contributed by atoms with Crippen LogP contribution in [0, 0.1) is 17.9 Å². The van der Waals surface area contributed by atoms with Crippen LogP contribution in [0.25, 0.3) is 53.0 Å². The predicted molar refractivity (Wildman–Crippen MR) is 245 cm³/mol. The van der Waals surface area contributed by atoms with Crippen molar-refractivity contribution in [2.24, 2.45) is 16.8 Å². The standard InChI is InChI=1S/C37H36NS.C15H27NO.Ir/c1-35(2,3)30-19-24(18-22-10-8-9-11-25(22)30)33-27-21-28-26-12-13-29-32(37(6,7)16-15-36(29,4)5)34(26)39-31(28)20-23(27)14-17-38-33;1-11(2)14(10-15(17)12(3)4)16-13-8-6-5-7-9-13;/h8-14,17,19-21H,15-16H2,1-7H3;10-13,17H,5-9H2,1-4H3;/q-1;;/b;15-10-,16-14?;. The minimum absolute atomic E-state index is 0. The molecule has 2 aliphatic rings. The van der Waals surface area contributed by atoms with E-state index in [0.29, 0.717) is 17.7 Å². The van der Waals surface area contributed by atoms with Crippen LogP contribution >= 0.6 is 11.3 Å². The van der Waals surface area contributed by atoms with Crippen LogP contribution < -0.4 is 0 Å². The summed E-state index contributed by atoms with van der Waals surface area (Å²) in [5.74, 6) is 1.02. The topological polar surface area (TPSA) is 45.5 Å². The number of thiophene rings is 1. The van der Waals surface area contributed by atoms with Crippen molar-refractivity contribution >= 4 is 58.8 Å². The monoisotopic (exact) mass is 956 g/mol. The van der Waals surface area contributed by atoms with E-state index in [1.54, 1.807) is 5.56 Å². The van der Waals surface area contributed by atoms with Crippen molar-refractivity contribution in [3.63, 3.8) is 0 Å². The third-order valence-corrected chi connectivity index (χ3v) is 13.7. The zero-order valence-electron chi connectivity index (χ0n) is 36.2. The molecule has 0 amide bonds. The summed E-state index contributed by atoms with van der Waals surface area (Å²) in [6.07, 6.45) is 12.7. The van der Waals surface area contributed by atoms with Crippen LogP contribution in [-0.4, -0.2) is 21.8 Å². The number of aliphatic hydroxyl groups is 1. The molecule has 1 N–H and O–H groups in total. The average Bonchev–Trinajstić information content (AvgIpc) is 3.52. The van der Waals surface area contributed by atoms with Crippen LogP contribution in [0.2, 0.25) is 0 Å². The molecule has 1 fully saturated rings. The van der Waals surface area contributed by atoms with E-state index in [1.807, 2.05) is 37.5 Å². The summed E-state index contributed by atoms with van der Waals surface area (Å²) in [5.41, 5.74) is 8.00. The van der Waals surface area contributed by atoms with Crippen molar-refractivity contribution in [3.8, 4) is 11.3 Å². The van der Waals surface area contributed by atoms with Gasteiger partial charge in [0.1, 0.15) is 0 Å². The van der Waals surface area contributed by atoms with Gasteiger partial charge in [0.15, 0.2) is 0 Å². The Hall–Kier alpha value is -3.37. The average molecular weight is 956 g/mol. The normalized spacial score (nSPS) is 17.6. The van der Waals surface area contributed by atoms with E-state index in [4.69, 9.17) is 9.98 Å². The van der Waals surface area contributed by atoms with Crippen LogP contribution in [0.15, 0.2) is 83.7 Å². The molecule has 1 saturated carbocycles. The summed E-state index contributed by atoms with van der Waals surface area (Å²) in [6, 6.07) is 26.9. The molecule has 1 radical (unpaired) electrons. The molecule has 2 heterocycles. The number of nitrogens with zero attached hydrogens (tertiary/aromatic N) is 2. The fourth-order valence-corrected chi connectivity index (χ4v) is 10.4. The largest absolute Gasteiger partial charge is 0.512 e. The quantitative estimate of drug-likeness (QED) is 0.106. The summed E-state index contributed by atoms with van der Waals surface area (Å²) in [4.78, 5) is 9.80. The Morgan fingerprint density at radius 2 is 1.54 bits per heavy atom. The molecule has 0 bridgehead atoms. The van der Waals surface area contributed by atoms with E-state index in [-0.39, 0.29) is 42.3 Å². The summed E-state index contributed by atoms with van der Waals surface area (Å²) < 4.78 is 2.83. The number of hydrogen-bond donors (Lipinski definition) is 1. The molecule has 303 valence electrons. The Morgan fingerprint density at radius 3 is 2.23 bits per heavy atom. The van der Waals surface area contributed by atoms with Gasteiger partial charge in [-0.15, -0.1) is 40.5 Å². The number of aliphatic hydroxyl groups excluding tert-OH is 1. The molecule has 4 aromatic carbocycles. The summed E-state index contributed by atoms with van der Waals surface area (Å²) in [5, 5.41) is 17.5. The van der Waals surface area contributed by atoms with Gasteiger partial charge in [0.25, 0.3) is 0 Å². The van der Waals surface area contributed by atoms with E-state index in [1.165, 1.54) is 92.4 Å². The van der Waals surface area contributed by atoms with Gasteiger partial charge in [0, 0.05) is 63.8 Å². The second-order valence-corrected chi connectivity index (χ2v) is 20.6. The predicted octanol–water partition coefficient (Wildman–Crippen LogP) is 15.4. The first kappa shape index (κ1) is 43.2. The van der Waals surface area contributed by atoms with Gasteiger partial charge >= 0.3 is 0 Å². The number of aromatic nitrogens is 1. The van der Waals surface area contributed by atoms with E-state index in [0.717, 1.165) is 22.4 Å². The molecule has 6 aromatic rings. The van der Waals surface area contributed by atoms with E-state index >= 15 is 0 Å². The third kappa shape index (κ3) is 8.83. The maximum atomic E-state index is 9.86. The van der Waals surface area contributed by atoms with Crippen molar-refractivity contribution in [1.82, 2.24) is 4.98 Å². The van der Waals surface area contributed by atoms with Crippen molar-refractivity contribution in [2.75, 3.05) is 0 Å². The number of rotatable bonds is 5. The zero-order valence-corrected chi connectivity index (χ0v) is 39.4. The summed E-state index contributed by atoms with van der Waals surface area (Å²) in [7, 11) is 0. The van der Waals surface area contributed by atoms with Crippen LogP contribution in [0.5, 0.6) is 0 Å². The van der Waals surface area contributed by atoms with Crippen LogP contribution in [-0.2, 0) is 36.4 Å². The van der Waals surface area contributed by atoms with Gasteiger partial charge in [-0.05, 0) is 88.0 Å². The molecular formula is C52H63IrN2OS-. The summed E-state index contributed by atoms with van der Waals surface area (Å²) in [6.45, 7) is 24.9. The molecule has 8 rings (SSSR count). The van der Waals surface area contributed by atoms with Gasteiger partial charge in [-0.1, -0.05) is 143 Å². The second-order valence-electron chi connectivity index (χ2n) is 19.6. The molecule has 2 aromatic heterocycles. The Morgan fingerprint density at radius 1 is 0.842 bits per heavy atom. The number of aliphatic imine (C=N–C) groups is 1. The van der Waals surface area contributed by atoms with Gasteiger partial charge in [-0.25, -0.2) is 0 Å². The second kappa shape index (κ2) is 16.7. The number of allylic oxidation sites excluding steroid dienone is 2. The molecule has 57 heavy (non-hydrogen) atoms. The van der Waals surface area contributed by atoms with E-state index in [2.05, 4.69) is 129 Å². The van der Waals surface area contributed by atoms with Crippen molar-refractivity contribution < 1.29 is 25.2 Å². The Kier molecular flexibility index (Phi) is 12.7. The molecule has 5 heteroatoms. The van der Waals surface area contributed by atoms with Crippen molar-refractivity contribution in [2.45, 2.75) is 143 Å². The first-order valence-corrected chi connectivity index (χ1v) is 22.0. The van der Waals surface area contributed by atoms with Gasteiger partial charge in [-0.3, -0.25) is 9.98 Å². The van der Waals surface area contributed by atoms with Crippen molar-refractivity contribution in [3.05, 3.63) is 101 Å². The molecular weight excluding hydrogens is 893 g/mol. The molecule has 0 unspecified atom stereocenters. The number of fused-ring (bicyclic) bond motifs is 7. The SMILES string of the molecule is CC(C)(C)c1cc(-c2nccc3cc4sc5c6c(ccc5c4cc23)C(C)(C)CCC6(C)C)[c-]c2ccccc12.CC(C)C(/C=C(\O)C(C)C)=NC1CCCCC1.[Ir]. The Balaban J connectivity index is 0.000000259. The molecule has 3 nitrogen and oxygen atoms in total. The molecule has 0 spiro atoms.